The molecule has 0 unspecified atom stereocenters. The molecular formula is C21H29IO4. The number of halogens is 1. The second kappa shape index (κ2) is 9.62. The number of rotatable bonds is 8. The van der Waals surface area contributed by atoms with E-state index in [1.807, 2.05) is 19.1 Å². The van der Waals surface area contributed by atoms with Crippen LogP contribution < -0.4 is 9.47 Å². The molecule has 0 heterocycles. The van der Waals surface area contributed by atoms with Crippen LogP contribution >= 0.6 is 22.6 Å². The van der Waals surface area contributed by atoms with Crippen LogP contribution in [0.3, 0.4) is 0 Å². The normalized spacial score (nSPS) is 16.2. The van der Waals surface area contributed by atoms with Crippen molar-refractivity contribution in [2.75, 3.05) is 13.2 Å². The third kappa shape index (κ3) is 5.15. The number of esters is 1. The van der Waals surface area contributed by atoms with E-state index in [4.69, 9.17) is 14.2 Å². The predicted molar refractivity (Wildman–Crippen MR) is 113 cm³/mol. The van der Waals surface area contributed by atoms with Gasteiger partial charge in [0, 0.05) is 0 Å². The molecule has 144 valence electrons. The van der Waals surface area contributed by atoms with Crippen molar-refractivity contribution >= 4 is 34.6 Å². The van der Waals surface area contributed by atoms with Crippen LogP contribution in [0.2, 0.25) is 0 Å². The van der Waals surface area contributed by atoms with Gasteiger partial charge in [-0.3, -0.25) is 0 Å². The first-order valence-electron chi connectivity index (χ1n) is 9.35. The third-order valence-corrected chi connectivity index (χ3v) is 5.77. The minimum atomic E-state index is -0.346. The number of benzene rings is 1. The Morgan fingerprint density at radius 2 is 1.96 bits per heavy atom. The summed E-state index contributed by atoms with van der Waals surface area (Å²) in [4.78, 5) is 12.5. The summed E-state index contributed by atoms with van der Waals surface area (Å²) >= 11 is 2.19. The van der Waals surface area contributed by atoms with Gasteiger partial charge in [-0.2, -0.15) is 0 Å². The number of hydrogen-bond acceptors (Lipinski definition) is 4. The molecule has 1 aliphatic rings. The summed E-state index contributed by atoms with van der Waals surface area (Å²) in [6.07, 6.45) is 7.08. The van der Waals surface area contributed by atoms with Crippen molar-refractivity contribution in [2.45, 2.75) is 58.5 Å². The maximum Gasteiger partial charge on any atom is 0.344 e. The second-order valence-corrected chi connectivity index (χ2v) is 8.17. The lowest BCUT2D eigenvalue weighted by atomic mass is 9.77. The Balaban J connectivity index is 2.07. The Labute approximate surface area is 170 Å². The van der Waals surface area contributed by atoms with Crippen molar-refractivity contribution in [1.82, 2.24) is 0 Å². The van der Waals surface area contributed by atoms with E-state index in [1.54, 1.807) is 6.08 Å². The van der Waals surface area contributed by atoms with Crippen LogP contribution in [0.15, 0.2) is 18.7 Å². The van der Waals surface area contributed by atoms with Crippen LogP contribution in [0, 0.1) is 9.49 Å². The summed E-state index contributed by atoms with van der Waals surface area (Å²) in [7, 11) is 0. The fourth-order valence-corrected chi connectivity index (χ4v) is 4.22. The predicted octanol–water partition coefficient (Wildman–Crippen LogP) is 5.61. The van der Waals surface area contributed by atoms with E-state index < -0.39 is 0 Å². The summed E-state index contributed by atoms with van der Waals surface area (Å²) in [6.45, 7) is 10.4. The van der Waals surface area contributed by atoms with Crippen molar-refractivity contribution in [1.29, 1.82) is 0 Å². The van der Waals surface area contributed by atoms with Crippen LogP contribution in [-0.4, -0.2) is 24.8 Å². The zero-order valence-corrected chi connectivity index (χ0v) is 18.1. The minimum absolute atomic E-state index is 0.113. The summed E-state index contributed by atoms with van der Waals surface area (Å²) in [5, 5.41) is 0. The molecule has 1 fully saturated rings. The lowest BCUT2D eigenvalue weighted by molar-refractivity contribution is -0.172. The molecule has 1 aromatic carbocycles. The molecule has 0 aromatic heterocycles. The molecule has 26 heavy (non-hydrogen) atoms. The molecule has 4 nitrogen and oxygen atoms in total. The lowest BCUT2D eigenvalue weighted by Crippen LogP contribution is -2.43. The molecule has 1 aliphatic carbocycles. The highest BCUT2D eigenvalue weighted by Crippen LogP contribution is 2.38. The SMILES string of the molecule is C=Cc1cc(I)c(OCC(=O)OC2(C(C)C)CCCCC2)c(OCC)c1. The van der Waals surface area contributed by atoms with Gasteiger partial charge in [-0.05, 0) is 78.8 Å². The van der Waals surface area contributed by atoms with E-state index >= 15 is 0 Å². The van der Waals surface area contributed by atoms with E-state index in [1.165, 1.54) is 6.42 Å². The Kier molecular flexibility index (Phi) is 7.80. The van der Waals surface area contributed by atoms with Crippen LogP contribution in [0.25, 0.3) is 6.08 Å². The highest BCUT2D eigenvalue weighted by Gasteiger charge is 2.39. The number of carbonyl (C=O) groups is 1. The molecule has 2 rings (SSSR count). The third-order valence-electron chi connectivity index (χ3n) is 4.97. The van der Waals surface area contributed by atoms with Crippen molar-refractivity contribution in [3.63, 3.8) is 0 Å². The molecule has 0 aliphatic heterocycles. The van der Waals surface area contributed by atoms with Crippen LogP contribution in [0.4, 0.5) is 0 Å². The Morgan fingerprint density at radius 1 is 1.27 bits per heavy atom. The van der Waals surface area contributed by atoms with Gasteiger partial charge in [-0.1, -0.05) is 32.9 Å². The zero-order chi connectivity index (χ0) is 19.2. The molecule has 0 radical (unpaired) electrons. The first-order valence-corrected chi connectivity index (χ1v) is 10.4. The molecule has 0 saturated heterocycles. The maximum atomic E-state index is 12.5. The van der Waals surface area contributed by atoms with E-state index in [0.717, 1.165) is 34.8 Å². The standard InChI is InChI=1S/C21H29IO4/c1-5-16-12-17(22)20(18(13-16)24-6-2)25-14-19(23)26-21(15(3)4)10-8-7-9-11-21/h5,12-13,15H,1,6-11,14H2,2-4H3. The molecule has 0 bridgehead atoms. The van der Waals surface area contributed by atoms with E-state index in [-0.39, 0.29) is 18.2 Å². The monoisotopic (exact) mass is 472 g/mol. The quantitative estimate of drug-likeness (QED) is 0.364. The first kappa shape index (κ1) is 21.1. The number of carbonyl (C=O) groups excluding carboxylic acids is 1. The fourth-order valence-electron chi connectivity index (χ4n) is 3.44. The summed E-state index contributed by atoms with van der Waals surface area (Å²) in [5.41, 5.74) is 0.607. The molecule has 1 saturated carbocycles. The van der Waals surface area contributed by atoms with Gasteiger partial charge in [-0.15, -0.1) is 0 Å². The van der Waals surface area contributed by atoms with Gasteiger partial charge in [-0.25, -0.2) is 4.79 Å². The molecule has 1 aromatic rings. The van der Waals surface area contributed by atoms with Crippen molar-refractivity contribution in [2.24, 2.45) is 5.92 Å². The van der Waals surface area contributed by atoms with Crippen molar-refractivity contribution < 1.29 is 19.0 Å². The largest absolute Gasteiger partial charge is 0.490 e. The van der Waals surface area contributed by atoms with Crippen LogP contribution in [-0.2, 0) is 9.53 Å². The Hall–Kier alpha value is -1.24. The van der Waals surface area contributed by atoms with Crippen LogP contribution in [0.1, 0.15) is 58.4 Å². The summed E-state index contributed by atoms with van der Waals surface area (Å²) in [6, 6.07) is 3.82. The van der Waals surface area contributed by atoms with Gasteiger partial charge < -0.3 is 14.2 Å². The number of hydrogen-bond donors (Lipinski definition) is 0. The van der Waals surface area contributed by atoms with E-state index in [2.05, 4.69) is 43.0 Å². The highest BCUT2D eigenvalue weighted by atomic mass is 127. The maximum absolute atomic E-state index is 12.5. The first-order chi connectivity index (χ1) is 12.4. The molecular weight excluding hydrogens is 443 g/mol. The van der Waals surface area contributed by atoms with E-state index in [0.29, 0.717) is 24.0 Å². The summed E-state index contributed by atoms with van der Waals surface area (Å²) in [5.74, 6) is 1.19. The highest BCUT2D eigenvalue weighted by molar-refractivity contribution is 14.1. The second-order valence-electron chi connectivity index (χ2n) is 7.01. The topological polar surface area (TPSA) is 44.8 Å². The fraction of sp³-hybridized carbons (Fsp3) is 0.571. The molecule has 0 spiro atoms. The molecule has 0 amide bonds. The van der Waals surface area contributed by atoms with E-state index in [9.17, 15) is 4.79 Å². The lowest BCUT2D eigenvalue weighted by Gasteiger charge is -2.40. The van der Waals surface area contributed by atoms with Gasteiger partial charge in [0.05, 0.1) is 10.2 Å². The minimum Gasteiger partial charge on any atom is -0.490 e. The van der Waals surface area contributed by atoms with Crippen molar-refractivity contribution in [3.05, 3.63) is 27.8 Å². The summed E-state index contributed by atoms with van der Waals surface area (Å²) < 4.78 is 18.3. The Morgan fingerprint density at radius 3 is 2.54 bits per heavy atom. The van der Waals surface area contributed by atoms with Gasteiger partial charge in [0.25, 0.3) is 0 Å². The van der Waals surface area contributed by atoms with Gasteiger partial charge in [0.2, 0.25) is 0 Å². The molecule has 0 N–H and O–H groups in total. The van der Waals surface area contributed by atoms with Gasteiger partial charge in [0.1, 0.15) is 5.60 Å². The zero-order valence-electron chi connectivity index (χ0n) is 16.0. The smallest absolute Gasteiger partial charge is 0.344 e. The van der Waals surface area contributed by atoms with Crippen molar-refractivity contribution in [3.8, 4) is 11.5 Å². The average Bonchev–Trinajstić information content (AvgIpc) is 2.61. The average molecular weight is 472 g/mol. The van der Waals surface area contributed by atoms with Gasteiger partial charge >= 0.3 is 5.97 Å². The molecule has 0 atom stereocenters. The van der Waals surface area contributed by atoms with Crippen LogP contribution in [0.5, 0.6) is 11.5 Å². The Bertz CT molecular complexity index is 633. The number of ether oxygens (including phenoxy) is 3. The van der Waals surface area contributed by atoms with Gasteiger partial charge in [0.15, 0.2) is 18.1 Å². The molecule has 5 heteroatoms.